The SMILES string of the molecule is COc1ccc(-c2cnc(C(C)(C)CCN)[nH]2)cc1Br. The lowest BCUT2D eigenvalue weighted by molar-refractivity contribution is 0.412. The molecule has 4 nitrogen and oxygen atoms in total. The zero-order valence-corrected chi connectivity index (χ0v) is 13.6. The first-order valence-corrected chi connectivity index (χ1v) is 7.36. The van der Waals surface area contributed by atoms with E-state index in [4.69, 9.17) is 10.5 Å². The van der Waals surface area contributed by atoms with Gasteiger partial charge in [-0.05, 0) is 47.1 Å². The number of aromatic nitrogens is 2. The molecule has 0 saturated carbocycles. The van der Waals surface area contributed by atoms with Gasteiger partial charge in [-0.2, -0.15) is 0 Å². The highest BCUT2D eigenvalue weighted by molar-refractivity contribution is 9.10. The van der Waals surface area contributed by atoms with Crippen molar-refractivity contribution in [3.8, 4) is 17.0 Å². The monoisotopic (exact) mass is 337 g/mol. The molecule has 0 bridgehead atoms. The van der Waals surface area contributed by atoms with E-state index in [1.54, 1.807) is 7.11 Å². The van der Waals surface area contributed by atoms with E-state index in [0.717, 1.165) is 33.7 Å². The first-order valence-electron chi connectivity index (χ1n) is 6.57. The van der Waals surface area contributed by atoms with Gasteiger partial charge >= 0.3 is 0 Å². The summed E-state index contributed by atoms with van der Waals surface area (Å²) in [5, 5.41) is 0. The van der Waals surface area contributed by atoms with Crippen LogP contribution >= 0.6 is 15.9 Å². The van der Waals surface area contributed by atoms with Crippen LogP contribution in [-0.4, -0.2) is 23.6 Å². The molecular weight excluding hydrogens is 318 g/mol. The average Bonchev–Trinajstić information content (AvgIpc) is 2.89. The molecule has 0 aliphatic heterocycles. The van der Waals surface area contributed by atoms with Crippen molar-refractivity contribution in [2.45, 2.75) is 25.7 Å². The van der Waals surface area contributed by atoms with E-state index in [1.165, 1.54) is 0 Å². The Labute approximate surface area is 127 Å². The summed E-state index contributed by atoms with van der Waals surface area (Å²) < 4.78 is 6.17. The number of ether oxygens (including phenoxy) is 1. The minimum Gasteiger partial charge on any atom is -0.496 e. The molecule has 2 rings (SSSR count). The van der Waals surface area contributed by atoms with Gasteiger partial charge in [0.2, 0.25) is 0 Å². The number of nitrogens with zero attached hydrogens (tertiary/aromatic N) is 1. The topological polar surface area (TPSA) is 63.9 Å². The number of halogens is 1. The summed E-state index contributed by atoms with van der Waals surface area (Å²) in [5.41, 5.74) is 7.68. The van der Waals surface area contributed by atoms with Crippen LogP contribution in [0.3, 0.4) is 0 Å². The Balaban J connectivity index is 2.31. The fraction of sp³-hybridized carbons (Fsp3) is 0.400. The molecule has 0 atom stereocenters. The maximum Gasteiger partial charge on any atom is 0.133 e. The molecule has 108 valence electrons. The molecule has 3 N–H and O–H groups in total. The molecule has 2 aromatic rings. The van der Waals surface area contributed by atoms with E-state index in [2.05, 4.69) is 39.7 Å². The summed E-state index contributed by atoms with van der Waals surface area (Å²) in [5.74, 6) is 1.78. The van der Waals surface area contributed by atoms with Gasteiger partial charge in [0.05, 0.1) is 23.5 Å². The Hall–Kier alpha value is -1.33. The first-order chi connectivity index (χ1) is 9.47. The Morgan fingerprint density at radius 3 is 2.75 bits per heavy atom. The van der Waals surface area contributed by atoms with Crippen LogP contribution in [0.5, 0.6) is 5.75 Å². The molecule has 1 aromatic carbocycles. The normalized spacial score (nSPS) is 11.7. The highest BCUT2D eigenvalue weighted by atomic mass is 79.9. The minimum atomic E-state index is -0.0449. The lowest BCUT2D eigenvalue weighted by Crippen LogP contribution is -2.23. The number of benzene rings is 1. The fourth-order valence-corrected chi connectivity index (χ4v) is 2.67. The number of nitrogens with two attached hydrogens (primary N) is 1. The third-order valence-corrected chi connectivity index (χ3v) is 4.07. The van der Waals surface area contributed by atoms with Crippen LogP contribution in [0.15, 0.2) is 28.9 Å². The summed E-state index contributed by atoms with van der Waals surface area (Å²) >= 11 is 3.50. The van der Waals surface area contributed by atoms with Crippen LogP contribution in [0.2, 0.25) is 0 Å². The van der Waals surface area contributed by atoms with Gasteiger partial charge in [0.15, 0.2) is 0 Å². The third kappa shape index (κ3) is 3.04. The first kappa shape index (κ1) is 15.1. The van der Waals surface area contributed by atoms with Crippen LogP contribution in [-0.2, 0) is 5.41 Å². The van der Waals surface area contributed by atoms with Crippen molar-refractivity contribution in [3.63, 3.8) is 0 Å². The van der Waals surface area contributed by atoms with Crippen molar-refractivity contribution < 1.29 is 4.74 Å². The van der Waals surface area contributed by atoms with Crippen LogP contribution in [0.4, 0.5) is 0 Å². The van der Waals surface area contributed by atoms with Gasteiger partial charge in [-0.15, -0.1) is 0 Å². The Bertz CT molecular complexity index is 593. The van der Waals surface area contributed by atoms with Gasteiger partial charge in [0.25, 0.3) is 0 Å². The van der Waals surface area contributed by atoms with Crippen molar-refractivity contribution in [2.75, 3.05) is 13.7 Å². The number of aromatic amines is 1. The molecular formula is C15H20BrN3O. The lowest BCUT2D eigenvalue weighted by Gasteiger charge is -2.20. The second-order valence-electron chi connectivity index (χ2n) is 5.42. The van der Waals surface area contributed by atoms with Gasteiger partial charge in [-0.25, -0.2) is 4.98 Å². The Morgan fingerprint density at radius 2 is 2.15 bits per heavy atom. The second-order valence-corrected chi connectivity index (χ2v) is 6.27. The zero-order valence-electron chi connectivity index (χ0n) is 12.0. The highest BCUT2D eigenvalue weighted by Crippen LogP contribution is 2.31. The largest absolute Gasteiger partial charge is 0.496 e. The summed E-state index contributed by atoms with van der Waals surface area (Å²) in [7, 11) is 1.66. The average molecular weight is 338 g/mol. The van der Waals surface area contributed by atoms with E-state index in [-0.39, 0.29) is 5.41 Å². The smallest absolute Gasteiger partial charge is 0.133 e. The third-order valence-electron chi connectivity index (χ3n) is 3.45. The molecule has 1 aromatic heterocycles. The summed E-state index contributed by atoms with van der Waals surface area (Å²) in [6.07, 6.45) is 2.76. The number of rotatable bonds is 5. The highest BCUT2D eigenvalue weighted by Gasteiger charge is 2.23. The summed E-state index contributed by atoms with van der Waals surface area (Å²) in [6.45, 7) is 4.94. The maximum atomic E-state index is 5.66. The van der Waals surface area contributed by atoms with E-state index < -0.39 is 0 Å². The minimum absolute atomic E-state index is 0.0449. The van der Waals surface area contributed by atoms with Crippen molar-refractivity contribution in [2.24, 2.45) is 5.73 Å². The molecule has 20 heavy (non-hydrogen) atoms. The van der Waals surface area contributed by atoms with Crippen LogP contribution in [0.25, 0.3) is 11.3 Å². The van der Waals surface area contributed by atoms with E-state index >= 15 is 0 Å². The summed E-state index contributed by atoms with van der Waals surface area (Å²) in [4.78, 5) is 7.89. The van der Waals surface area contributed by atoms with Gasteiger partial charge in [-0.1, -0.05) is 13.8 Å². The van der Waals surface area contributed by atoms with E-state index in [1.807, 2.05) is 24.4 Å². The van der Waals surface area contributed by atoms with Crippen LogP contribution in [0, 0.1) is 0 Å². The molecule has 0 saturated heterocycles. The quantitative estimate of drug-likeness (QED) is 0.877. The number of H-pyrrole nitrogens is 1. The number of nitrogens with one attached hydrogen (secondary N) is 1. The molecule has 0 aliphatic rings. The predicted molar refractivity (Wildman–Crippen MR) is 85.0 cm³/mol. The fourth-order valence-electron chi connectivity index (χ4n) is 2.13. The van der Waals surface area contributed by atoms with Crippen LogP contribution < -0.4 is 10.5 Å². The van der Waals surface area contributed by atoms with Crippen molar-refractivity contribution in [1.29, 1.82) is 0 Å². The second kappa shape index (κ2) is 5.97. The van der Waals surface area contributed by atoms with Gasteiger partial charge in [0, 0.05) is 11.0 Å². The standard InChI is InChI=1S/C15H20BrN3O/c1-15(2,6-7-17)14-18-9-12(19-14)10-4-5-13(20-3)11(16)8-10/h4-5,8-9H,6-7,17H2,1-3H3,(H,18,19). The molecule has 0 unspecified atom stereocenters. The molecule has 0 aliphatic carbocycles. The lowest BCUT2D eigenvalue weighted by atomic mass is 9.88. The molecule has 0 fully saturated rings. The van der Waals surface area contributed by atoms with Crippen LogP contribution in [0.1, 0.15) is 26.1 Å². The van der Waals surface area contributed by atoms with Crippen molar-refractivity contribution >= 4 is 15.9 Å². The number of hydrogen-bond acceptors (Lipinski definition) is 3. The molecule has 0 radical (unpaired) electrons. The zero-order chi connectivity index (χ0) is 14.8. The molecule has 0 amide bonds. The molecule has 0 spiro atoms. The maximum absolute atomic E-state index is 5.66. The number of imidazole rings is 1. The Kier molecular flexibility index (Phi) is 4.50. The van der Waals surface area contributed by atoms with E-state index in [0.29, 0.717) is 6.54 Å². The van der Waals surface area contributed by atoms with E-state index in [9.17, 15) is 0 Å². The Morgan fingerprint density at radius 1 is 1.40 bits per heavy atom. The van der Waals surface area contributed by atoms with Crippen molar-refractivity contribution in [3.05, 3.63) is 34.7 Å². The number of methoxy groups -OCH3 is 1. The van der Waals surface area contributed by atoms with Gasteiger partial charge in [-0.3, -0.25) is 0 Å². The van der Waals surface area contributed by atoms with Crippen molar-refractivity contribution in [1.82, 2.24) is 9.97 Å². The van der Waals surface area contributed by atoms with Gasteiger partial charge < -0.3 is 15.5 Å². The molecule has 5 heteroatoms. The van der Waals surface area contributed by atoms with Gasteiger partial charge in [0.1, 0.15) is 11.6 Å². The number of hydrogen-bond donors (Lipinski definition) is 2. The molecule has 1 heterocycles. The summed E-state index contributed by atoms with van der Waals surface area (Å²) in [6, 6.07) is 5.97. The predicted octanol–water partition coefficient (Wildman–Crippen LogP) is 3.47.